The molecule has 0 amide bonds. The van der Waals surface area contributed by atoms with E-state index in [1.807, 2.05) is 48.5 Å². The Labute approximate surface area is 140 Å². The van der Waals surface area contributed by atoms with E-state index in [4.69, 9.17) is 13.6 Å². The summed E-state index contributed by atoms with van der Waals surface area (Å²) in [5.41, 5.74) is 2.13. The van der Waals surface area contributed by atoms with Crippen molar-refractivity contribution in [2.45, 2.75) is 13.8 Å². The molecule has 0 saturated heterocycles. The third-order valence-corrected chi connectivity index (χ3v) is 4.85. The number of benzene rings is 1. The molecule has 126 valence electrons. The fourth-order valence-corrected chi connectivity index (χ4v) is 3.56. The lowest BCUT2D eigenvalue weighted by molar-refractivity contribution is 0.165. The highest BCUT2D eigenvalue weighted by Gasteiger charge is 2.31. The predicted octanol–water partition coefficient (Wildman–Crippen LogP) is 4.56. The molecule has 0 fully saturated rings. The van der Waals surface area contributed by atoms with Crippen molar-refractivity contribution in [2.24, 2.45) is 0 Å². The van der Waals surface area contributed by atoms with Crippen LogP contribution in [-0.2, 0) is 13.6 Å². The normalized spacial score (nSPS) is 11.8. The van der Waals surface area contributed by atoms with Gasteiger partial charge in [0, 0.05) is 11.8 Å². The predicted molar refractivity (Wildman–Crippen MR) is 92.1 cm³/mol. The molecule has 0 unspecified atom stereocenters. The molecule has 1 aromatic carbocycles. The number of hydrogen-bond donors (Lipinski definition) is 0. The molecule has 0 saturated carbocycles. The number of nitrogens with zero attached hydrogens (tertiary/aromatic N) is 2. The molecule has 0 N–H and O–H groups in total. The number of phosphoric acid groups is 1. The van der Waals surface area contributed by atoms with Crippen LogP contribution in [0.1, 0.15) is 13.8 Å². The Morgan fingerprint density at radius 2 is 1.67 bits per heavy atom. The zero-order valence-corrected chi connectivity index (χ0v) is 14.5. The van der Waals surface area contributed by atoms with Gasteiger partial charge in [0.1, 0.15) is 11.3 Å². The molecule has 2 aromatic heterocycles. The number of fused-ring (bicyclic) bond motifs is 1. The highest BCUT2D eigenvalue weighted by atomic mass is 31.2. The second-order valence-corrected chi connectivity index (χ2v) is 6.53. The first-order chi connectivity index (χ1) is 11.7. The Kier molecular flexibility index (Phi) is 5.00. The van der Waals surface area contributed by atoms with Crippen LogP contribution in [0.15, 0.2) is 54.7 Å². The molecule has 7 heteroatoms. The molecule has 6 nitrogen and oxygen atoms in total. The average Bonchev–Trinajstić information content (AvgIpc) is 2.94. The highest BCUT2D eigenvalue weighted by molar-refractivity contribution is 7.48. The third kappa shape index (κ3) is 3.36. The lowest BCUT2D eigenvalue weighted by Crippen LogP contribution is -2.04. The molecule has 2 heterocycles. The fraction of sp³-hybridized carbons (Fsp3) is 0.235. The van der Waals surface area contributed by atoms with Gasteiger partial charge >= 0.3 is 7.82 Å². The van der Waals surface area contributed by atoms with Crippen LogP contribution in [0.3, 0.4) is 0 Å². The van der Waals surface area contributed by atoms with Crippen molar-refractivity contribution in [1.29, 1.82) is 0 Å². The molecule has 0 atom stereocenters. The summed E-state index contributed by atoms with van der Waals surface area (Å²) >= 11 is 0. The molecule has 24 heavy (non-hydrogen) atoms. The molecule has 0 radical (unpaired) electrons. The van der Waals surface area contributed by atoms with Crippen LogP contribution in [0.25, 0.3) is 16.9 Å². The largest absolute Gasteiger partial charge is 0.531 e. The molecule has 3 rings (SSSR count). The lowest BCUT2D eigenvalue weighted by atomic mass is 10.2. The maximum Gasteiger partial charge on any atom is 0.531 e. The minimum absolute atomic E-state index is 0.217. The van der Waals surface area contributed by atoms with Gasteiger partial charge < -0.3 is 4.52 Å². The van der Waals surface area contributed by atoms with Gasteiger partial charge in [-0.05, 0) is 26.0 Å². The number of imidazole rings is 1. The van der Waals surface area contributed by atoms with Gasteiger partial charge in [-0.2, -0.15) is 0 Å². The van der Waals surface area contributed by atoms with Crippen LogP contribution in [0.2, 0.25) is 0 Å². The lowest BCUT2D eigenvalue weighted by Gasteiger charge is -2.17. The van der Waals surface area contributed by atoms with E-state index >= 15 is 0 Å². The van der Waals surface area contributed by atoms with Crippen LogP contribution in [0.5, 0.6) is 5.88 Å². The summed E-state index contributed by atoms with van der Waals surface area (Å²) in [5.74, 6) is 0.335. The van der Waals surface area contributed by atoms with Crippen LogP contribution >= 0.6 is 7.82 Å². The molecule has 0 aliphatic carbocycles. The van der Waals surface area contributed by atoms with Gasteiger partial charge in [-0.15, -0.1) is 0 Å². The monoisotopic (exact) mass is 346 g/mol. The molecular formula is C17H19N2O4P. The van der Waals surface area contributed by atoms with Gasteiger partial charge in [0.15, 0.2) is 0 Å². The van der Waals surface area contributed by atoms with Gasteiger partial charge in [0.25, 0.3) is 0 Å². The van der Waals surface area contributed by atoms with Gasteiger partial charge in [-0.3, -0.25) is 13.4 Å². The van der Waals surface area contributed by atoms with E-state index in [1.54, 1.807) is 24.4 Å². The van der Waals surface area contributed by atoms with Gasteiger partial charge in [0.05, 0.1) is 13.2 Å². The Bertz CT molecular complexity index is 853. The number of pyridine rings is 1. The van der Waals surface area contributed by atoms with Crippen LogP contribution in [0.4, 0.5) is 0 Å². The Balaban J connectivity index is 2.13. The number of phosphoric ester groups is 1. The van der Waals surface area contributed by atoms with E-state index in [-0.39, 0.29) is 13.2 Å². The van der Waals surface area contributed by atoms with E-state index in [0.29, 0.717) is 17.2 Å². The summed E-state index contributed by atoms with van der Waals surface area (Å²) in [5, 5.41) is 0. The van der Waals surface area contributed by atoms with Crippen LogP contribution < -0.4 is 4.52 Å². The van der Waals surface area contributed by atoms with Crippen LogP contribution in [0, 0.1) is 0 Å². The van der Waals surface area contributed by atoms with Crippen molar-refractivity contribution in [3.8, 4) is 17.1 Å². The van der Waals surface area contributed by atoms with E-state index in [9.17, 15) is 4.57 Å². The number of rotatable bonds is 7. The standard InChI is InChI=1S/C17H19N2O4P/c1-3-21-24(20,22-4-2)23-17-16(14-10-6-5-7-11-14)18-15-12-8-9-13-19(15)17/h5-13H,3-4H2,1-2H3. The molecule has 0 spiro atoms. The minimum Gasteiger partial charge on any atom is -0.385 e. The summed E-state index contributed by atoms with van der Waals surface area (Å²) in [4.78, 5) is 4.59. The average molecular weight is 346 g/mol. The Morgan fingerprint density at radius 1 is 1.00 bits per heavy atom. The van der Waals surface area contributed by atoms with Crippen molar-refractivity contribution < 1.29 is 18.1 Å². The SMILES string of the molecule is CCOP(=O)(OCC)Oc1c(-c2ccccc2)nc2ccccn12. The highest BCUT2D eigenvalue weighted by Crippen LogP contribution is 2.51. The van der Waals surface area contributed by atoms with Gasteiger partial charge in [0.2, 0.25) is 5.88 Å². The van der Waals surface area contributed by atoms with E-state index in [2.05, 4.69) is 4.98 Å². The van der Waals surface area contributed by atoms with E-state index < -0.39 is 7.82 Å². The fourth-order valence-electron chi connectivity index (χ4n) is 2.36. The summed E-state index contributed by atoms with van der Waals surface area (Å²) in [6, 6.07) is 15.2. The minimum atomic E-state index is -3.72. The Morgan fingerprint density at radius 3 is 2.33 bits per heavy atom. The molecule has 3 aromatic rings. The zero-order valence-electron chi connectivity index (χ0n) is 13.6. The smallest absolute Gasteiger partial charge is 0.385 e. The first-order valence-corrected chi connectivity index (χ1v) is 9.24. The zero-order chi connectivity index (χ0) is 17.0. The molecule has 0 aliphatic rings. The second kappa shape index (κ2) is 7.18. The number of hydrogen-bond acceptors (Lipinski definition) is 5. The van der Waals surface area contributed by atoms with Crippen molar-refractivity contribution in [3.05, 3.63) is 54.7 Å². The maximum absolute atomic E-state index is 12.8. The van der Waals surface area contributed by atoms with Gasteiger partial charge in [-0.25, -0.2) is 9.55 Å². The summed E-state index contributed by atoms with van der Waals surface area (Å²) in [6.45, 7) is 3.91. The molecule has 0 bridgehead atoms. The summed E-state index contributed by atoms with van der Waals surface area (Å²) in [6.07, 6.45) is 1.80. The third-order valence-electron chi connectivity index (χ3n) is 3.31. The van der Waals surface area contributed by atoms with E-state index in [1.165, 1.54) is 0 Å². The topological polar surface area (TPSA) is 62.1 Å². The van der Waals surface area contributed by atoms with Crippen molar-refractivity contribution in [1.82, 2.24) is 9.38 Å². The van der Waals surface area contributed by atoms with Crippen molar-refractivity contribution >= 4 is 13.5 Å². The molecular weight excluding hydrogens is 327 g/mol. The van der Waals surface area contributed by atoms with E-state index in [0.717, 1.165) is 5.56 Å². The quantitative estimate of drug-likeness (QED) is 0.587. The first kappa shape index (κ1) is 16.7. The maximum atomic E-state index is 12.8. The van der Waals surface area contributed by atoms with Crippen molar-refractivity contribution in [2.75, 3.05) is 13.2 Å². The number of aromatic nitrogens is 2. The summed E-state index contributed by atoms with van der Waals surface area (Å²) < 4.78 is 30.8. The second-order valence-electron chi connectivity index (χ2n) is 4.93. The molecule has 0 aliphatic heterocycles. The summed E-state index contributed by atoms with van der Waals surface area (Å²) in [7, 11) is -3.72. The van der Waals surface area contributed by atoms with Crippen LogP contribution in [-0.4, -0.2) is 22.6 Å². The van der Waals surface area contributed by atoms with Gasteiger partial charge in [-0.1, -0.05) is 36.4 Å². The Hall–Kier alpha value is -2.14. The van der Waals surface area contributed by atoms with Crippen molar-refractivity contribution in [3.63, 3.8) is 0 Å². The first-order valence-electron chi connectivity index (χ1n) is 7.78.